The Bertz CT molecular complexity index is 965. The fourth-order valence-electron chi connectivity index (χ4n) is 2.33. The molecule has 0 amide bonds. The van der Waals surface area contributed by atoms with Crippen LogP contribution in [0.3, 0.4) is 0 Å². The third-order valence-electron chi connectivity index (χ3n) is 3.47. The number of fused-ring (bicyclic) bond motifs is 1. The van der Waals surface area contributed by atoms with Gasteiger partial charge >= 0.3 is 0 Å². The molecule has 3 rings (SSSR count). The van der Waals surface area contributed by atoms with Crippen molar-refractivity contribution in [2.24, 2.45) is 0 Å². The van der Waals surface area contributed by atoms with Gasteiger partial charge in [0.25, 0.3) is 10.0 Å². The molecule has 0 fully saturated rings. The first-order valence-corrected chi connectivity index (χ1v) is 8.71. The molecular weight excluding hydrogens is 334 g/mol. The van der Waals surface area contributed by atoms with Gasteiger partial charge in [-0.05, 0) is 29.7 Å². The molecule has 118 valence electrons. The molecule has 0 spiro atoms. The van der Waals surface area contributed by atoms with Crippen LogP contribution >= 0.6 is 11.6 Å². The quantitative estimate of drug-likeness (QED) is 0.765. The van der Waals surface area contributed by atoms with Crippen molar-refractivity contribution in [3.8, 4) is 5.75 Å². The standard InChI is InChI=1S/C17H14ClNO3S/c1-22-17-10-9-13(11-15(17)18)23(20,21)19-16-8-4-6-12-5-2-3-7-14(12)16/h2-11,19H,1H3. The molecule has 0 radical (unpaired) electrons. The predicted octanol–water partition coefficient (Wildman–Crippen LogP) is 4.30. The number of methoxy groups -OCH3 is 1. The highest BCUT2D eigenvalue weighted by Gasteiger charge is 2.17. The Hall–Kier alpha value is -2.24. The molecule has 3 aromatic rings. The molecule has 4 nitrogen and oxygen atoms in total. The number of benzene rings is 3. The second kappa shape index (κ2) is 6.10. The van der Waals surface area contributed by atoms with Crippen LogP contribution in [-0.2, 0) is 10.0 Å². The topological polar surface area (TPSA) is 55.4 Å². The molecule has 1 N–H and O–H groups in total. The second-order valence-corrected chi connectivity index (χ2v) is 7.02. The van der Waals surface area contributed by atoms with E-state index in [2.05, 4.69) is 4.72 Å². The number of halogens is 1. The summed E-state index contributed by atoms with van der Waals surface area (Å²) in [5.41, 5.74) is 0.523. The minimum Gasteiger partial charge on any atom is -0.495 e. The Labute approximate surface area is 139 Å². The molecule has 0 bridgehead atoms. The highest BCUT2D eigenvalue weighted by Crippen LogP contribution is 2.29. The number of hydrogen-bond donors (Lipinski definition) is 1. The molecule has 23 heavy (non-hydrogen) atoms. The smallest absolute Gasteiger partial charge is 0.261 e. The first kappa shape index (κ1) is 15.6. The van der Waals surface area contributed by atoms with E-state index in [4.69, 9.17) is 16.3 Å². The highest BCUT2D eigenvalue weighted by molar-refractivity contribution is 7.92. The molecule has 0 aliphatic carbocycles. The summed E-state index contributed by atoms with van der Waals surface area (Å²) in [5.74, 6) is 0.427. The van der Waals surface area contributed by atoms with Crippen molar-refractivity contribution in [1.82, 2.24) is 0 Å². The molecule has 0 unspecified atom stereocenters. The lowest BCUT2D eigenvalue weighted by molar-refractivity contribution is 0.414. The van der Waals surface area contributed by atoms with Gasteiger partial charge in [0, 0.05) is 5.39 Å². The van der Waals surface area contributed by atoms with E-state index in [9.17, 15) is 8.42 Å². The van der Waals surface area contributed by atoms with Crippen molar-refractivity contribution in [3.63, 3.8) is 0 Å². The maximum atomic E-state index is 12.6. The molecular formula is C17H14ClNO3S. The maximum Gasteiger partial charge on any atom is 0.261 e. The van der Waals surface area contributed by atoms with E-state index in [-0.39, 0.29) is 9.92 Å². The van der Waals surface area contributed by atoms with Crippen LogP contribution in [0.5, 0.6) is 5.75 Å². The van der Waals surface area contributed by atoms with E-state index in [1.54, 1.807) is 12.1 Å². The van der Waals surface area contributed by atoms with Gasteiger partial charge < -0.3 is 4.74 Å². The Morgan fingerprint density at radius 1 is 1.00 bits per heavy atom. The van der Waals surface area contributed by atoms with Crippen LogP contribution in [0.1, 0.15) is 0 Å². The summed E-state index contributed by atoms with van der Waals surface area (Å²) in [7, 11) is -2.27. The van der Waals surface area contributed by atoms with Crippen LogP contribution < -0.4 is 9.46 Å². The average molecular weight is 348 g/mol. The summed E-state index contributed by atoms with van der Waals surface area (Å²) < 4.78 is 32.8. The molecule has 0 aliphatic rings. The van der Waals surface area contributed by atoms with E-state index >= 15 is 0 Å². The van der Waals surface area contributed by atoms with Gasteiger partial charge in [-0.15, -0.1) is 0 Å². The number of ether oxygens (including phenoxy) is 1. The summed E-state index contributed by atoms with van der Waals surface area (Å²) >= 11 is 6.02. The third kappa shape index (κ3) is 3.11. The summed E-state index contributed by atoms with van der Waals surface area (Å²) in [6, 6.07) is 17.4. The predicted molar refractivity (Wildman–Crippen MR) is 92.8 cm³/mol. The average Bonchev–Trinajstić information content (AvgIpc) is 2.55. The van der Waals surface area contributed by atoms with Crippen molar-refractivity contribution in [2.45, 2.75) is 4.90 Å². The van der Waals surface area contributed by atoms with E-state index in [1.165, 1.54) is 25.3 Å². The molecule has 0 aromatic heterocycles. The van der Waals surface area contributed by atoms with Crippen molar-refractivity contribution < 1.29 is 13.2 Å². The fourth-order valence-corrected chi connectivity index (χ4v) is 3.76. The van der Waals surface area contributed by atoms with E-state index in [1.807, 2.05) is 30.3 Å². The largest absolute Gasteiger partial charge is 0.495 e. The number of hydrogen-bond acceptors (Lipinski definition) is 3. The van der Waals surface area contributed by atoms with E-state index < -0.39 is 10.0 Å². The number of anilines is 1. The molecule has 0 heterocycles. The van der Waals surface area contributed by atoms with E-state index in [0.29, 0.717) is 11.4 Å². The van der Waals surface area contributed by atoms with Crippen LogP contribution in [0.25, 0.3) is 10.8 Å². The van der Waals surface area contributed by atoms with Crippen molar-refractivity contribution >= 4 is 38.1 Å². The number of sulfonamides is 1. The van der Waals surface area contributed by atoms with Crippen molar-refractivity contribution in [2.75, 3.05) is 11.8 Å². The van der Waals surface area contributed by atoms with Gasteiger partial charge in [-0.1, -0.05) is 48.0 Å². The van der Waals surface area contributed by atoms with Gasteiger partial charge in [0.15, 0.2) is 0 Å². The molecule has 0 saturated heterocycles. The molecule has 0 saturated carbocycles. The summed E-state index contributed by atoms with van der Waals surface area (Å²) in [6.45, 7) is 0. The fraction of sp³-hybridized carbons (Fsp3) is 0.0588. The Kier molecular flexibility index (Phi) is 4.15. The lowest BCUT2D eigenvalue weighted by atomic mass is 10.1. The zero-order chi connectivity index (χ0) is 16.4. The summed E-state index contributed by atoms with van der Waals surface area (Å²) in [5, 5.41) is 2.03. The van der Waals surface area contributed by atoms with Gasteiger partial charge in [-0.2, -0.15) is 0 Å². The molecule has 3 aromatic carbocycles. The lowest BCUT2D eigenvalue weighted by Gasteiger charge is -2.12. The zero-order valence-corrected chi connectivity index (χ0v) is 13.9. The third-order valence-corrected chi connectivity index (χ3v) is 5.13. The summed E-state index contributed by atoms with van der Waals surface area (Å²) in [4.78, 5) is 0.0798. The normalized spacial score (nSPS) is 11.4. The zero-order valence-electron chi connectivity index (χ0n) is 12.3. The highest BCUT2D eigenvalue weighted by atomic mass is 35.5. The number of nitrogens with one attached hydrogen (secondary N) is 1. The monoisotopic (exact) mass is 347 g/mol. The van der Waals surface area contributed by atoms with Crippen LogP contribution in [0.4, 0.5) is 5.69 Å². The summed E-state index contributed by atoms with van der Waals surface area (Å²) in [6.07, 6.45) is 0. The first-order valence-electron chi connectivity index (χ1n) is 6.85. The van der Waals surface area contributed by atoms with Gasteiger partial charge in [0.2, 0.25) is 0 Å². The Morgan fingerprint density at radius 2 is 1.74 bits per heavy atom. The van der Waals surface area contributed by atoms with Gasteiger partial charge in [-0.25, -0.2) is 8.42 Å². The van der Waals surface area contributed by atoms with Crippen LogP contribution in [0.2, 0.25) is 5.02 Å². The van der Waals surface area contributed by atoms with Gasteiger partial charge in [0.1, 0.15) is 5.75 Å². The minimum atomic E-state index is -3.74. The molecule has 6 heteroatoms. The van der Waals surface area contributed by atoms with Crippen LogP contribution in [-0.4, -0.2) is 15.5 Å². The number of rotatable bonds is 4. The SMILES string of the molecule is COc1ccc(S(=O)(=O)Nc2cccc3ccccc23)cc1Cl. The van der Waals surface area contributed by atoms with Gasteiger partial charge in [0.05, 0.1) is 22.7 Å². The van der Waals surface area contributed by atoms with Crippen LogP contribution in [0, 0.1) is 0 Å². The maximum absolute atomic E-state index is 12.6. The minimum absolute atomic E-state index is 0.0798. The first-order chi connectivity index (χ1) is 11.0. The van der Waals surface area contributed by atoms with Gasteiger partial charge in [-0.3, -0.25) is 4.72 Å². The Balaban J connectivity index is 2.02. The second-order valence-electron chi connectivity index (χ2n) is 4.93. The van der Waals surface area contributed by atoms with E-state index in [0.717, 1.165) is 10.8 Å². The Morgan fingerprint density at radius 3 is 2.48 bits per heavy atom. The lowest BCUT2D eigenvalue weighted by Crippen LogP contribution is -2.13. The molecule has 0 atom stereocenters. The van der Waals surface area contributed by atoms with Crippen LogP contribution in [0.15, 0.2) is 65.6 Å². The molecule has 0 aliphatic heterocycles. The van der Waals surface area contributed by atoms with Crippen molar-refractivity contribution in [3.05, 3.63) is 65.7 Å². The van der Waals surface area contributed by atoms with Crippen molar-refractivity contribution in [1.29, 1.82) is 0 Å².